The number of ether oxygens (including phenoxy) is 2. The maximum absolute atomic E-state index is 11.2. The number of nitro benzene ring substituents is 2. The van der Waals surface area contributed by atoms with E-state index in [2.05, 4.69) is 41.6 Å². The molecule has 3 aromatic carbocycles. The Hall–Kier alpha value is -4.78. The van der Waals surface area contributed by atoms with Crippen LogP contribution in [0.3, 0.4) is 0 Å². The van der Waals surface area contributed by atoms with Crippen molar-refractivity contribution in [1.82, 2.24) is 0 Å². The van der Waals surface area contributed by atoms with Gasteiger partial charge in [-0.2, -0.15) is 19.1 Å². The minimum atomic E-state index is -0.690. The number of benzene rings is 3. The number of phenolic OH excluding ortho intramolecular Hbond substituents is 1. The van der Waals surface area contributed by atoms with E-state index in [1.54, 1.807) is 32.0 Å². The van der Waals surface area contributed by atoms with Crippen LogP contribution in [0.4, 0.5) is 17.1 Å². The van der Waals surface area contributed by atoms with Crippen LogP contribution in [-0.2, 0) is 48.0 Å². The molecule has 3 aromatic rings. The molecule has 18 nitrogen and oxygen atoms in total. The number of nitrogens with two attached hydrogens (primary N) is 1. The first-order valence-electron chi connectivity index (χ1n) is 16.5. The molecule has 5 N–H and O–H groups in total. The first kappa shape index (κ1) is 66.1. The first-order valence-corrected chi connectivity index (χ1v) is 17.6. The summed E-state index contributed by atoms with van der Waals surface area (Å²) in [5, 5.41) is 44.9. The minimum absolute atomic E-state index is 0. The number of ketones is 3. The molecule has 21 heteroatoms. The second kappa shape index (κ2) is 40.0. The van der Waals surface area contributed by atoms with Crippen molar-refractivity contribution >= 4 is 62.6 Å². The molecule has 334 valence electrons. The number of carbonyl (C=O) groups is 4. The molecule has 0 radical (unpaired) electrons. The number of hydrogen-bond donors (Lipinski definition) is 4. The van der Waals surface area contributed by atoms with Gasteiger partial charge in [0.2, 0.25) is 11.6 Å². The van der Waals surface area contributed by atoms with Gasteiger partial charge in [0.25, 0.3) is 11.4 Å². The predicted molar refractivity (Wildman–Crippen MR) is 218 cm³/mol. The number of nitrogens with zero attached hydrogens (tertiary/aromatic N) is 2. The molecule has 0 amide bonds. The van der Waals surface area contributed by atoms with Gasteiger partial charge < -0.3 is 42.0 Å². The molecule has 0 saturated heterocycles. The topological polar surface area (TPSA) is 286 Å². The molecule has 0 unspecified atom stereocenters. The van der Waals surface area contributed by atoms with Crippen LogP contribution in [0.15, 0.2) is 54.6 Å². The number of aliphatic hydroxyl groups is 1. The van der Waals surface area contributed by atoms with Crippen LogP contribution >= 0.6 is 15.9 Å². The number of anilines is 1. The summed E-state index contributed by atoms with van der Waals surface area (Å²) in [4.78, 5) is 74.0. The molecule has 2 heterocycles. The van der Waals surface area contributed by atoms with Crippen molar-refractivity contribution < 1.29 is 97.2 Å². The molecule has 0 fully saturated rings. The summed E-state index contributed by atoms with van der Waals surface area (Å²) >= 11 is 2.92. The van der Waals surface area contributed by atoms with Gasteiger partial charge in [0.05, 0.1) is 31.9 Å². The summed E-state index contributed by atoms with van der Waals surface area (Å²) in [6.45, 7) is 13.9. The van der Waals surface area contributed by atoms with E-state index < -0.39 is 21.6 Å². The summed E-state index contributed by atoms with van der Waals surface area (Å²) in [6, 6.07) is 12.4. The molecule has 0 saturated carbocycles. The standard InChI is InChI=1S/C8H6BrNO4.C8H5NO4.C8H7NO2.C5H12.C2H4O3.C2H6O.C2H3O.C2H5.CH4.Fe.Ni/c9-4-8(12)6-3-5(10(13)14)1-2-7(6)11;10-7-4-13-8-2-1-5(9(11)12)3-6(7)8;9-5-1-2-8-6(3-5)7(10)4-11-8;1-3-5-4-2;1-2(3)5-4;2*1-2-3;1-2;;;/h1-3,11H,4H2;1-3H,4H2;1-3H,4,9H2;3-5H2,1-2H3;4H,1H3;3H,2H2,1H3;1H3;1H2,2H3;1H4;;/q;;;;;;2*-1;;;+2. The summed E-state index contributed by atoms with van der Waals surface area (Å²) in [5.41, 5.74) is 6.64. The van der Waals surface area contributed by atoms with Crippen LogP contribution in [0.2, 0.25) is 0 Å². The Labute approximate surface area is 372 Å². The Morgan fingerprint density at radius 2 is 1.27 bits per heavy atom. The van der Waals surface area contributed by atoms with Gasteiger partial charge in [-0.15, -0.1) is 0 Å². The molecule has 0 aromatic heterocycles. The van der Waals surface area contributed by atoms with E-state index >= 15 is 0 Å². The summed E-state index contributed by atoms with van der Waals surface area (Å²) in [5.74, 6) is -0.470. The number of rotatable bonds is 6. The number of alkyl halides is 1. The maximum Gasteiger partial charge on any atom is 2.00 e. The molecule has 0 bridgehead atoms. The molecule has 59 heavy (non-hydrogen) atoms. The quantitative estimate of drug-likeness (QED) is 0.0269. The van der Waals surface area contributed by atoms with Gasteiger partial charge in [-0.25, -0.2) is 4.79 Å². The number of hydrogen-bond acceptors (Lipinski definition) is 16. The van der Waals surface area contributed by atoms with Crippen molar-refractivity contribution in [2.45, 2.75) is 68.2 Å². The number of non-ortho nitro benzene ring substituents is 2. The van der Waals surface area contributed by atoms with Crippen LogP contribution in [0.25, 0.3) is 0 Å². The monoisotopic (exact) mass is 983 g/mol. The zero-order valence-electron chi connectivity index (χ0n) is 32.6. The summed E-state index contributed by atoms with van der Waals surface area (Å²) in [6.07, 6.45) is 5.58. The molecule has 0 spiro atoms. The van der Waals surface area contributed by atoms with E-state index in [4.69, 9.17) is 30.4 Å². The van der Waals surface area contributed by atoms with E-state index in [1.165, 1.54) is 50.7 Å². The number of halogens is 1. The third kappa shape index (κ3) is 28.3. The third-order valence-corrected chi connectivity index (χ3v) is 6.45. The largest absolute Gasteiger partial charge is 2.00 e. The Morgan fingerprint density at radius 1 is 0.898 bits per heavy atom. The molecular formula is C38H52BrFeN3NiO15. The predicted octanol–water partition coefficient (Wildman–Crippen LogP) is 7.70. The first-order chi connectivity index (χ1) is 26.5. The fourth-order valence-corrected chi connectivity index (χ4v) is 3.90. The van der Waals surface area contributed by atoms with Gasteiger partial charge in [0.15, 0.2) is 19.0 Å². The van der Waals surface area contributed by atoms with Gasteiger partial charge in [-0.1, -0.05) is 56.5 Å². The van der Waals surface area contributed by atoms with Gasteiger partial charge in [0.1, 0.15) is 17.2 Å². The Balaban J connectivity index is -0.000000146. The van der Waals surface area contributed by atoms with E-state index in [1.807, 2.05) is 0 Å². The second-order valence-corrected chi connectivity index (χ2v) is 10.6. The minimum Gasteiger partial charge on any atom is -0.542 e. The van der Waals surface area contributed by atoms with Gasteiger partial charge >= 0.3 is 22.5 Å². The van der Waals surface area contributed by atoms with Crippen molar-refractivity contribution in [2.24, 2.45) is 0 Å². The molecule has 0 atom stereocenters. The number of phenols is 1. The normalized spacial score (nSPS) is 9.93. The van der Waals surface area contributed by atoms with Crippen LogP contribution in [0, 0.1) is 27.2 Å². The number of unbranched alkanes of at least 4 members (excludes halogenated alkanes) is 2. The SMILES string of the molecule is C.CC(=O)OO.CCCCC.CCO.C[C-]=O.Nc1ccc2c(c1)C(=O)CO2.O=C(CBr)c1cc([N+](=O)[O-])ccc1O.O=C1COc2ccc([N+](=O)[O-])cc21.[CH2-]C.[Fe].[Ni+2]. The summed E-state index contributed by atoms with van der Waals surface area (Å²) in [7, 11) is 0. The molecular weight excluding hydrogens is 933 g/mol. The van der Waals surface area contributed by atoms with Crippen LogP contribution in [0.1, 0.15) is 99.3 Å². The summed E-state index contributed by atoms with van der Waals surface area (Å²) < 4.78 is 10.0. The van der Waals surface area contributed by atoms with Crippen LogP contribution in [0.5, 0.6) is 17.2 Å². The van der Waals surface area contributed by atoms with Gasteiger partial charge in [-0.3, -0.25) is 40.9 Å². The average molecular weight is 985 g/mol. The Morgan fingerprint density at radius 3 is 1.63 bits per heavy atom. The molecule has 2 aliphatic rings. The molecule has 0 aliphatic carbocycles. The number of Topliss-reactive ketones (excluding diaryl/α,β-unsaturated/α-hetero) is 3. The van der Waals surface area contributed by atoms with Crippen molar-refractivity contribution in [3.63, 3.8) is 0 Å². The molecule has 5 rings (SSSR count). The second-order valence-electron chi connectivity index (χ2n) is 10.1. The van der Waals surface area contributed by atoms with E-state index in [9.17, 15) is 44.5 Å². The number of aromatic hydroxyl groups is 1. The Kier molecular flexibility index (Phi) is 44.8. The number of nitro groups is 2. The van der Waals surface area contributed by atoms with Crippen LogP contribution < -0.4 is 15.2 Å². The maximum atomic E-state index is 11.2. The van der Waals surface area contributed by atoms with Gasteiger partial charge in [-0.05, 0) is 37.3 Å². The third-order valence-electron chi connectivity index (χ3n) is 5.94. The number of fused-ring (bicyclic) bond motifs is 2. The number of aliphatic hydroxyl groups excluding tert-OH is 1. The zero-order valence-corrected chi connectivity index (χ0v) is 36.3. The fourth-order valence-electron chi connectivity index (χ4n) is 3.60. The van der Waals surface area contributed by atoms with Crippen molar-refractivity contribution in [1.29, 1.82) is 0 Å². The van der Waals surface area contributed by atoms with Crippen LogP contribution in [-0.4, -0.2) is 80.1 Å². The zero-order chi connectivity index (χ0) is 43.8. The van der Waals surface area contributed by atoms with E-state index in [-0.39, 0.29) is 100 Å². The molecule has 2 aliphatic heterocycles. The van der Waals surface area contributed by atoms with Crippen molar-refractivity contribution in [3.05, 3.63) is 98.4 Å². The van der Waals surface area contributed by atoms with E-state index in [0.29, 0.717) is 28.3 Å². The number of nitrogen functional groups attached to an aromatic ring is 1. The smallest absolute Gasteiger partial charge is 0.542 e. The van der Waals surface area contributed by atoms with Gasteiger partial charge in [0, 0.05) is 60.6 Å². The van der Waals surface area contributed by atoms with Crippen molar-refractivity contribution in [2.75, 3.05) is 30.9 Å². The number of carbonyl (C=O) groups excluding carboxylic acids is 5. The Bertz CT molecular complexity index is 1710. The average Bonchev–Trinajstić information content (AvgIpc) is 3.74. The van der Waals surface area contributed by atoms with E-state index in [0.717, 1.165) is 25.1 Å². The van der Waals surface area contributed by atoms with Crippen molar-refractivity contribution in [3.8, 4) is 17.2 Å². The fraction of sp³-hybridized carbons (Fsp3) is 0.368.